The van der Waals surface area contributed by atoms with Crippen LogP contribution in [0.4, 0.5) is 0 Å². The normalized spacial score (nSPS) is 11.1. The lowest BCUT2D eigenvalue weighted by Gasteiger charge is -2.12. The van der Waals surface area contributed by atoms with Crippen LogP contribution >= 0.6 is 12.4 Å². The number of methoxy groups -OCH3 is 3. The molecule has 1 aromatic carbocycles. The summed E-state index contributed by atoms with van der Waals surface area (Å²) in [6.45, 7) is 0.132. The van der Waals surface area contributed by atoms with Crippen LogP contribution in [-0.4, -0.2) is 33.4 Å². The Morgan fingerprint density at radius 2 is 1.64 bits per heavy atom. The van der Waals surface area contributed by atoms with Crippen LogP contribution in [0.1, 0.15) is 5.56 Å². The van der Waals surface area contributed by atoms with Crippen molar-refractivity contribution >= 4 is 24.5 Å². The zero-order valence-electron chi connectivity index (χ0n) is 14.2. The Labute approximate surface area is 152 Å². The molecule has 25 heavy (non-hydrogen) atoms. The van der Waals surface area contributed by atoms with Gasteiger partial charge in [-0.1, -0.05) is 6.07 Å². The Bertz CT molecular complexity index is 711. The molecule has 0 saturated heterocycles. The van der Waals surface area contributed by atoms with Gasteiger partial charge in [0.05, 0.1) is 33.4 Å². The molecule has 0 bridgehead atoms. The van der Waals surface area contributed by atoms with Crippen LogP contribution in [0.5, 0.6) is 17.2 Å². The van der Waals surface area contributed by atoms with Crippen LogP contribution in [0.2, 0.25) is 0 Å². The van der Waals surface area contributed by atoms with E-state index in [2.05, 4.69) is 10.2 Å². The van der Waals surface area contributed by atoms with Crippen molar-refractivity contribution in [2.75, 3.05) is 21.3 Å². The highest BCUT2D eigenvalue weighted by Crippen LogP contribution is 2.37. The van der Waals surface area contributed by atoms with E-state index in [-0.39, 0.29) is 24.8 Å². The van der Waals surface area contributed by atoms with Crippen LogP contribution in [0.25, 0.3) is 0 Å². The number of nitrogens with zero attached hydrogens (tertiary/aromatic N) is 3. The molecule has 8 heteroatoms. The van der Waals surface area contributed by atoms with Crippen molar-refractivity contribution < 1.29 is 23.9 Å². The van der Waals surface area contributed by atoms with Gasteiger partial charge in [-0.05, 0) is 12.1 Å². The van der Waals surface area contributed by atoms with E-state index in [4.69, 9.17) is 14.2 Å². The van der Waals surface area contributed by atoms with Crippen molar-refractivity contribution in [3.8, 4) is 17.2 Å². The largest absolute Gasteiger partial charge is 0.856 e. The van der Waals surface area contributed by atoms with E-state index >= 15 is 0 Å². The number of aromatic nitrogens is 1. The molecular weight excluding hydrogens is 346 g/mol. The number of halogens is 1. The molecule has 134 valence electrons. The van der Waals surface area contributed by atoms with Gasteiger partial charge in [0, 0.05) is 17.7 Å². The zero-order chi connectivity index (χ0) is 17.4. The summed E-state index contributed by atoms with van der Waals surface area (Å²) in [5.74, 6) is 1.15. The highest BCUT2D eigenvalue weighted by Gasteiger charge is 2.12. The first kappa shape index (κ1) is 20.2. The van der Waals surface area contributed by atoms with Gasteiger partial charge in [-0.3, -0.25) is 0 Å². The Kier molecular flexibility index (Phi) is 8.22. The summed E-state index contributed by atoms with van der Waals surface area (Å²) in [7, 11) is 4.59. The van der Waals surface area contributed by atoms with Crippen LogP contribution in [0, 0.1) is 0 Å². The molecule has 2 aromatic rings. The third-order valence-corrected chi connectivity index (χ3v) is 3.16. The number of hydrogen-bond acceptors (Lipinski definition) is 6. The molecule has 0 atom stereocenters. The maximum Gasteiger partial charge on any atom is 0.203 e. The fourth-order valence-electron chi connectivity index (χ4n) is 2.06. The van der Waals surface area contributed by atoms with Gasteiger partial charge < -0.3 is 19.3 Å². The summed E-state index contributed by atoms with van der Waals surface area (Å²) in [6.07, 6.45) is 5.03. The third-order valence-electron chi connectivity index (χ3n) is 3.16. The molecular formula is C17H20ClN3O4. The first-order valence-corrected chi connectivity index (χ1v) is 7.19. The maximum atomic E-state index is 11.8. The van der Waals surface area contributed by atoms with Crippen LogP contribution in [-0.2, 0) is 6.54 Å². The molecule has 0 aliphatic rings. The Balaban J connectivity index is 0.00000312. The minimum absolute atomic E-state index is 0. The predicted octanol–water partition coefficient (Wildman–Crippen LogP) is 1.21. The van der Waals surface area contributed by atoms with Crippen molar-refractivity contribution in [3.05, 3.63) is 48.3 Å². The summed E-state index contributed by atoms with van der Waals surface area (Å²) in [4.78, 5) is 0. The standard InChI is InChI=1S/C17H19N3O4.ClH/c1-22-14-9-13(10-15(23-2)17(14)24-3)11-18-19-16(21)12-20-7-5-4-6-8-20;/h4-11H,12H2,1-3H3;1H/b18-11+;. The van der Waals surface area contributed by atoms with Gasteiger partial charge >= 0.3 is 0 Å². The van der Waals surface area contributed by atoms with E-state index in [0.29, 0.717) is 22.8 Å². The van der Waals surface area contributed by atoms with Gasteiger partial charge in [-0.2, -0.15) is 10.2 Å². The number of benzene rings is 1. The number of rotatable bonds is 7. The summed E-state index contributed by atoms with van der Waals surface area (Å²) >= 11 is 0. The highest BCUT2D eigenvalue weighted by atomic mass is 35.5. The Hall–Kier alpha value is -2.80. The first-order chi connectivity index (χ1) is 11.7. The van der Waals surface area contributed by atoms with Crippen molar-refractivity contribution in [2.45, 2.75) is 6.54 Å². The van der Waals surface area contributed by atoms with E-state index in [0.717, 1.165) is 0 Å². The van der Waals surface area contributed by atoms with E-state index < -0.39 is 0 Å². The number of pyridine rings is 1. The third kappa shape index (κ3) is 5.65. The molecule has 0 N–H and O–H groups in total. The lowest BCUT2D eigenvalue weighted by atomic mass is 10.2. The monoisotopic (exact) mass is 365 g/mol. The second-order valence-corrected chi connectivity index (χ2v) is 4.74. The van der Waals surface area contributed by atoms with Crippen molar-refractivity contribution in [3.63, 3.8) is 0 Å². The van der Waals surface area contributed by atoms with E-state index in [1.165, 1.54) is 27.5 Å². The summed E-state index contributed by atoms with van der Waals surface area (Å²) in [5, 5.41) is 19.3. The lowest BCUT2D eigenvalue weighted by molar-refractivity contribution is -0.687. The molecule has 0 amide bonds. The Morgan fingerprint density at radius 1 is 1.04 bits per heavy atom. The summed E-state index contributed by atoms with van der Waals surface area (Å²) in [5.41, 5.74) is 0.674. The Morgan fingerprint density at radius 3 is 2.16 bits per heavy atom. The minimum Gasteiger partial charge on any atom is -0.856 e. The summed E-state index contributed by atoms with van der Waals surface area (Å²) < 4.78 is 17.5. The van der Waals surface area contributed by atoms with Crippen molar-refractivity contribution in [1.29, 1.82) is 0 Å². The van der Waals surface area contributed by atoms with Crippen molar-refractivity contribution in [2.24, 2.45) is 10.2 Å². The van der Waals surface area contributed by atoms with Gasteiger partial charge in [0.1, 0.15) is 0 Å². The average Bonchev–Trinajstić information content (AvgIpc) is 2.61. The number of hydrogen-bond donors (Lipinski definition) is 0. The molecule has 0 unspecified atom stereocenters. The predicted molar refractivity (Wildman–Crippen MR) is 95.0 cm³/mol. The quantitative estimate of drug-likeness (QED) is 0.320. The molecule has 0 aliphatic carbocycles. The van der Waals surface area contributed by atoms with Gasteiger partial charge in [-0.25, -0.2) is 4.57 Å². The zero-order valence-corrected chi connectivity index (χ0v) is 15.0. The molecule has 0 spiro atoms. The van der Waals surface area contributed by atoms with Gasteiger partial charge in [0.2, 0.25) is 5.75 Å². The second-order valence-electron chi connectivity index (χ2n) is 4.74. The summed E-state index contributed by atoms with van der Waals surface area (Å²) in [6, 6.07) is 8.99. The van der Waals surface area contributed by atoms with E-state index in [1.807, 2.05) is 18.2 Å². The molecule has 7 nitrogen and oxygen atoms in total. The smallest absolute Gasteiger partial charge is 0.203 e. The highest BCUT2D eigenvalue weighted by molar-refractivity contribution is 5.85. The molecule has 2 rings (SSSR count). The van der Waals surface area contributed by atoms with E-state index in [1.54, 1.807) is 29.1 Å². The molecule has 1 aromatic heterocycles. The molecule has 0 aliphatic heterocycles. The maximum absolute atomic E-state index is 11.8. The molecule has 0 saturated carbocycles. The van der Waals surface area contributed by atoms with Crippen LogP contribution < -0.4 is 23.9 Å². The van der Waals surface area contributed by atoms with Crippen LogP contribution in [0.3, 0.4) is 0 Å². The van der Waals surface area contributed by atoms with Gasteiger partial charge in [0.25, 0.3) is 0 Å². The fourth-order valence-corrected chi connectivity index (χ4v) is 2.06. The van der Waals surface area contributed by atoms with Crippen LogP contribution in [0.15, 0.2) is 52.9 Å². The molecule has 0 radical (unpaired) electrons. The lowest BCUT2D eigenvalue weighted by Crippen LogP contribution is -2.41. The minimum atomic E-state index is -0.352. The van der Waals surface area contributed by atoms with Crippen molar-refractivity contribution in [1.82, 2.24) is 0 Å². The first-order valence-electron chi connectivity index (χ1n) is 7.19. The molecule has 0 fully saturated rings. The van der Waals surface area contributed by atoms with Gasteiger partial charge in [0.15, 0.2) is 30.4 Å². The van der Waals surface area contributed by atoms with Gasteiger partial charge in [-0.15, -0.1) is 12.4 Å². The molecule has 1 heterocycles. The SMILES string of the molecule is COc1cc(/C=N/N=C([O-])C[n+]2ccccc2)cc(OC)c1OC.Cl. The second kappa shape index (κ2) is 10.1. The van der Waals surface area contributed by atoms with E-state index in [9.17, 15) is 5.11 Å². The number of ether oxygens (including phenoxy) is 3. The topological polar surface area (TPSA) is 79.4 Å². The fraction of sp³-hybridized carbons (Fsp3) is 0.235. The average molecular weight is 366 g/mol.